The third kappa shape index (κ3) is 3.50. The van der Waals surface area contributed by atoms with Crippen LogP contribution in [0.5, 0.6) is 0 Å². The first-order chi connectivity index (χ1) is 8.73. The summed E-state index contributed by atoms with van der Waals surface area (Å²) >= 11 is 1.93. The van der Waals surface area contributed by atoms with E-state index in [1.807, 2.05) is 11.8 Å². The highest BCUT2D eigenvalue weighted by Crippen LogP contribution is 2.35. The SMILES string of the molecule is CN(C)C1(CNCCSc2ccccc2)CCC1. The van der Waals surface area contributed by atoms with Crippen molar-refractivity contribution >= 4 is 11.8 Å². The fourth-order valence-electron chi connectivity index (χ4n) is 2.45. The van der Waals surface area contributed by atoms with Gasteiger partial charge >= 0.3 is 0 Å². The van der Waals surface area contributed by atoms with Crippen molar-refractivity contribution in [1.82, 2.24) is 10.2 Å². The molecule has 0 radical (unpaired) electrons. The molecule has 0 saturated heterocycles. The molecular formula is C15H24N2S. The molecule has 1 aromatic rings. The Labute approximate surface area is 115 Å². The Balaban J connectivity index is 1.62. The van der Waals surface area contributed by atoms with Crippen LogP contribution in [0.25, 0.3) is 0 Å². The Morgan fingerprint density at radius 3 is 2.50 bits per heavy atom. The maximum atomic E-state index is 3.62. The van der Waals surface area contributed by atoms with Crippen molar-refractivity contribution in [3.05, 3.63) is 30.3 Å². The first kappa shape index (κ1) is 13.9. The second kappa shape index (κ2) is 6.60. The third-order valence-electron chi connectivity index (χ3n) is 3.98. The van der Waals surface area contributed by atoms with E-state index >= 15 is 0 Å². The number of benzene rings is 1. The van der Waals surface area contributed by atoms with Crippen LogP contribution in [0, 0.1) is 0 Å². The van der Waals surface area contributed by atoms with Crippen LogP contribution in [0.4, 0.5) is 0 Å². The van der Waals surface area contributed by atoms with E-state index in [9.17, 15) is 0 Å². The van der Waals surface area contributed by atoms with Crippen LogP contribution >= 0.6 is 11.8 Å². The van der Waals surface area contributed by atoms with Crippen molar-refractivity contribution in [2.45, 2.75) is 29.7 Å². The van der Waals surface area contributed by atoms with Gasteiger partial charge in [0.15, 0.2) is 0 Å². The van der Waals surface area contributed by atoms with Crippen molar-refractivity contribution in [2.75, 3.05) is 32.9 Å². The highest BCUT2D eigenvalue weighted by molar-refractivity contribution is 7.99. The van der Waals surface area contributed by atoms with Gasteiger partial charge in [0.05, 0.1) is 0 Å². The Morgan fingerprint density at radius 1 is 1.22 bits per heavy atom. The lowest BCUT2D eigenvalue weighted by atomic mass is 9.75. The van der Waals surface area contributed by atoms with Crippen molar-refractivity contribution in [3.8, 4) is 0 Å². The number of thioether (sulfide) groups is 1. The number of nitrogens with one attached hydrogen (secondary N) is 1. The predicted molar refractivity (Wildman–Crippen MR) is 80.3 cm³/mol. The van der Waals surface area contributed by atoms with Gasteiger partial charge < -0.3 is 10.2 Å². The number of nitrogens with zero attached hydrogens (tertiary/aromatic N) is 1. The zero-order valence-electron chi connectivity index (χ0n) is 11.5. The topological polar surface area (TPSA) is 15.3 Å². The van der Waals surface area contributed by atoms with E-state index in [1.165, 1.54) is 24.2 Å². The van der Waals surface area contributed by atoms with Crippen LogP contribution in [0.2, 0.25) is 0 Å². The molecule has 0 aromatic heterocycles. The van der Waals surface area contributed by atoms with Crippen molar-refractivity contribution in [3.63, 3.8) is 0 Å². The molecule has 0 unspecified atom stereocenters. The molecule has 2 rings (SSSR count). The van der Waals surface area contributed by atoms with E-state index in [0.29, 0.717) is 5.54 Å². The van der Waals surface area contributed by atoms with Gasteiger partial charge in [0, 0.05) is 29.3 Å². The standard InChI is InChI=1S/C15H24N2S/c1-17(2)15(9-6-10-15)13-16-11-12-18-14-7-4-3-5-8-14/h3-5,7-8,16H,6,9-13H2,1-2H3. The van der Waals surface area contributed by atoms with Gasteiger partial charge in [0.25, 0.3) is 0 Å². The minimum atomic E-state index is 0.442. The molecule has 1 aliphatic rings. The molecule has 2 nitrogen and oxygen atoms in total. The molecule has 1 N–H and O–H groups in total. The van der Waals surface area contributed by atoms with Gasteiger partial charge in [0.1, 0.15) is 0 Å². The van der Waals surface area contributed by atoms with E-state index in [0.717, 1.165) is 18.8 Å². The van der Waals surface area contributed by atoms with Gasteiger partial charge in [-0.05, 0) is 45.5 Å². The lowest BCUT2D eigenvalue weighted by molar-refractivity contribution is 0.0608. The smallest absolute Gasteiger partial charge is 0.0327 e. The van der Waals surface area contributed by atoms with Crippen LogP contribution in [-0.2, 0) is 0 Å². The van der Waals surface area contributed by atoms with E-state index in [4.69, 9.17) is 0 Å². The predicted octanol–water partition coefficient (Wildman–Crippen LogP) is 2.85. The average molecular weight is 264 g/mol. The summed E-state index contributed by atoms with van der Waals surface area (Å²) in [6, 6.07) is 10.6. The minimum absolute atomic E-state index is 0.442. The van der Waals surface area contributed by atoms with E-state index in [-0.39, 0.29) is 0 Å². The maximum absolute atomic E-state index is 3.62. The van der Waals surface area contributed by atoms with Crippen LogP contribution in [-0.4, -0.2) is 43.4 Å². The fraction of sp³-hybridized carbons (Fsp3) is 0.600. The zero-order chi connectivity index (χ0) is 12.8. The summed E-state index contributed by atoms with van der Waals surface area (Å²) in [6.45, 7) is 2.23. The normalized spacial score (nSPS) is 17.7. The van der Waals surface area contributed by atoms with Crippen LogP contribution < -0.4 is 5.32 Å². The lowest BCUT2D eigenvalue weighted by Crippen LogP contribution is -2.56. The van der Waals surface area contributed by atoms with E-state index < -0.39 is 0 Å². The average Bonchev–Trinajstić information content (AvgIpc) is 2.32. The first-order valence-electron chi connectivity index (χ1n) is 6.79. The van der Waals surface area contributed by atoms with Crippen molar-refractivity contribution in [1.29, 1.82) is 0 Å². The third-order valence-corrected chi connectivity index (χ3v) is 4.99. The molecule has 1 aromatic carbocycles. The molecule has 1 aliphatic carbocycles. The number of likely N-dealkylation sites (N-methyl/N-ethyl adjacent to an activating group) is 1. The molecule has 0 heterocycles. The number of hydrogen-bond donors (Lipinski definition) is 1. The molecule has 1 fully saturated rings. The summed E-state index contributed by atoms with van der Waals surface area (Å²) in [7, 11) is 4.42. The summed E-state index contributed by atoms with van der Waals surface area (Å²) in [5.41, 5.74) is 0.442. The first-order valence-corrected chi connectivity index (χ1v) is 7.77. The van der Waals surface area contributed by atoms with Gasteiger partial charge in [0.2, 0.25) is 0 Å². The molecule has 0 bridgehead atoms. The fourth-order valence-corrected chi connectivity index (χ4v) is 3.28. The van der Waals surface area contributed by atoms with Crippen LogP contribution in [0.3, 0.4) is 0 Å². The van der Waals surface area contributed by atoms with Gasteiger partial charge in [-0.25, -0.2) is 0 Å². The molecular weight excluding hydrogens is 240 g/mol. The number of rotatable bonds is 7. The van der Waals surface area contributed by atoms with Crippen molar-refractivity contribution in [2.24, 2.45) is 0 Å². The minimum Gasteiger partial charge on any atom is -0.314 e. The molecule has 0 amide bonds. The Bertz CT molecular complexity index is 347. The van der Waals surface area contributed by atoms with Gasteiger partial charge in [-0.15, -0.1) is 11.8 Å². The highest BCUT2D eigenvalue weighted by Gasteiger charge is 2.38. The molecule has 1 saturated carbocycles. The Hall–Kier alpha value is -0.510. The second-order valence-corrected chi connectivity index (χ2v) is 6.48. The van der Waals surface area contributed by atoms with Gasteiger partial charge in [-0.3, -0.25) is 0 Å². The number of hydrogen-bond acceptors (Lipinski definition) is 3. The molecule has 0 spiro atoms. The van der Waals surface area contributed by atoms with Gasteiger partial charge in [-0.2, -0.15) is 0 Å². The Morgan fingerprint density at radius 2 is 1.94 bits per heavy atom. The van der Waals surface area contributed by atoms with Gasteiger partial charge in [-0.1, -0.05) is 18.2 Å². The van der Waals surface area contributed by atoms with Crippen molar-refractivity contribution < 1.29 is 0 Å². The summed E-state index contributed by atoms with van der Waals surface area (Å²) in [4.78, 5) is 3.76. The van der Waals surface area contributed by atoms with E-state index in [2.05, 4.69) is 54.6 Å². The molecule has 3 heteroatoms. The molecule has 100 valence electrons. The second-order valence-electron chi connectivity index (χ2n) is 5.31. The van der Waals surface area contributed by atoms with E-state index in [1.54, 1.807) is 0 Å². The quantitative estimate of drug-likeness (QED) is 0.602. The zero-order valence-corrected chi connectivity index (χ0v) is 12.3. The molecule has 0 aliphatic heterocycles. The lowest BCUT2D eigenvalue weighted by Gasteiger charge is -2.47. The monoisotopic (exact) mass is 264 g/mol. The molecule has 0 atom stereocenters. The summed E-state index contributed by atoms with van der Waals surface area (Å²) in [5, 5.41) is 3.62. The molecule has 18 heavy (non-hydrogen) atoms. The van der Waals surface area contributed by atoms with Crippen LogP contribution in [0.1, 0.15) is 19.3 Å². The maximum Gasteiger partial charge on any atom is 0.0327 e. The Kier molecular flexibility index (Phi) is 5.10. The van der Waals surface area contributed by atoms with Crippen LogP contribution in [0.15, 0.2) is 35.2 Å². The summed E-state index contributed by atoms with van der Waals surface area (Å²) in [5.74, 6) is 1.15. The summed E-state index contributed by atoms with van der Waals surface area (Å²) in [6.07, 6.45) is 4.08. The largest absolute Gasteiger partial charge is 0.314 e. The highest BCUT2D eigenvalue weighted by atomic mass is 32.2. The summed E-state index contributed by atoms with van der Waals surface area (Å²) < 4.78 is 0.